The third kappa shape index (κ3) is 4.12. The quantitative estimate of drug-likeness (QED) is 0.793. The molecule has 28 heavy (non-hydrogen) atoms. The average Bonchev–Trinajstić information content (AvgIpc) is 3.17. The van der Waals surface area contributed by atoms with E-state index in [2.05, 4.69) is 11.0 Å². The van der Waals surface area contributed by atoms with Gasteiger partial charge in [-0.2, -0.15) is 0 Å². The minimum Gasteiger partial charge on any atom is -0.486 e. The third-order valence-corrected chi connectivity index (χ3v) is 5.41. The molecule has 1 amide bonds. The number of carbonyl (C=O) groups excluding carboxylic acids is 1. The summed E-state index contributed by atoms with van der Waals surface area (Å²) in [7, 11) is 1.79. The number of fused-ring (bicyclic) bond motifs is 1. The lowest BCUT2D eigenvalue weighted by Gasteiger charge is -2.28. The molecule has 0 unspecified atom stereocenters. The lowest BCUT2D eigenvalue weighted by Crippen LogP contribution is -2.37. The largest absolute Gasteiger partial charge is 0.486 e. The van der Waals surface area contributed by atoms with Crippen molar-refractivity contribution in [3.8, 4) is 11.5 Å². The second-order valence-electron chi connectivity index (χ2n) is 7.41. The molecule has 148 valence electrons. The standard InChI is InChI=1S/C22H25FN2O3/c1-24(14-16-4-7-18(23)8-5-16)22(26)15-25-10-2-3-19(25)17-6-9-20-21(13-17)28-12-11-27-20/h4-9,13,19H,2-3,10-12,14-15H2,1H3/t19-/m0/s1. The van der Waals surface area contributed by atoms with Gasteiger partial charge in [-0.15, -0.1) is 0 Å². The van der Waals surface area contributed by atoms with Crippen molar-refractivity contribution in [1.29, 1.82) is 0 Å². The molecular formula is C22H25FN2O3. The Balaban J connectivity index is 1.40. The van der Waals surface area contributed by atoms with E-state index in [1.165, 1.54) is 12.1 Å². The van der Waals surface area contributed by atoms with Gasteiger partial charge in [-0.25, -0.2) is 4.39 Å². The van der Waals surface area contributed by atoms with Crippen molar-refractivity contribution in [1.82, 2.24) is 9.80 Å². The van der Waals surface area contributed by atoms with Gasteiger partial charge in [0.05, 0.1) is 6.54 Å². The molecular weight excluding hydrogens is 359 g/mol. The molecule has 0 saturated carbocycles. The van der Waals surface area contributed by atoms with Crippen molar-refractivity contribution < 1.29 is 18.7 Å². The highest BCUT2D eigenvalue weighted by Gasteiger charge is 2.29. The van der Waals surface area contributed by atoms with Crippen molar-refractivity contribution in [3.05, 3.63) is 59.4 Å². The van der Waals surface area contributed by atoms with Crippen LogP contribution in [0.25, 0.3) is 0 Å². The van der Waals surface area contributed by atoms with E-state index in [0.29, 0.717) is 26.3 Å². The van der Waals surface area contributed by atoms with Crippen molar-refractivity contribution in [3.63, 3.8) is 0 Å². The number of ether oxygens (including phenoxy) is 2. The van der Waals surface area contributed by atoms with E-state index in [0.717, 1.165) is 42.0 Å². The first-order valence-electron chi connectivity index (χ1n) is 9.72. The van der Waals surface area contributed by atoms with Gasteiger partial charge >= 0.3 is 0 Å². The summed E-state index contributed by atoms with van der Waals surface area (Å²) in [5.74, 6) is 1.37. The first kappa shape index (κ1) is 18.7. The van der Waals surface area contributed by atoms with Crippen molar-refractivity contribution in [2.75, 3.05) is 33.4 Å². The summed E-state index contributed by atoms with van der Waals surface area (Å²) in [5.41, 5.74) is 2.08. The first-order valence-corrected chi connectivity index (χ1v) is 9.72. The van der Waals surface area contributed by atoms with Gasteiger partial charge in [0, 0.05) is 19.6 Å². The molecule has 0 aliphatic carbocycles. The van der Waals surface area contributed by atoms with Gasteiger partial charge < -0.3 is 14.4 Å². The SMILES string of the molecule is CN(Cc1ccc(F)cc1)C(=O)CN1CCC[C@H]1c1ccc2c(c1)OCCO2. The minimum atomic E-state index is -0.267. The molecule has 0 aromatic heterocycles. The number of amides is 1. The number of hydrogen-bond donors (Lipinski definition) is 0. The first-order chi connectivity index (χ1) is 13.6. The van der Waals surface area contributed by atoms with Crippen LogP contribution >= 0.6 is 0 Å². The molecule has 2 aromatic carbocycles. The van der Waals surface area contributed by atoms with E-state index in [1.807, 2.05) is 12.1 Å². The molecule has 4 rings (SSSR count). The normalized spacial score (nSPS) is 18.9. The fraction of sp³-hybridized carbons (Fsp3) is 0.409. The molecule has 2 heterocycles. The number of carbonyl (C=O) groups is 1. The number of benzene rings is 2. The van der Waals surface area contributed by atoms with Crippen LogP contribution in [0.1, 0.15) is 30.0 Å². The van der Waals surface area contributed by atoms with Gasteiger partial charge in [-0.3, -0.25) is 9.69 Å². The molecule has 1 atom stereocenters. The highest BCUT2D eigenvalue weighted by Crippen LogP contribution is 2.37. The Morgan fingerprint density at radius 3 is 2.68 bits per heavy atom. The third-order valence-electron chi connectivity index (χ3n) is 5.41. The van der Waals surface area contributed by atoms with Gasteiger partial charge in [0.15, 0.2) is 11.5 Å². The smallest absolute Gasteiger partial charge is 0.236 e. The number of rotatable bonds is 5. The summed E-state index contributed by atoms with van der Waals surface area (Å²) >= 11 is 0. The Morgan fingerprint density at radius 2 is 1.89 bits per heavy atom. The fourth-order valence-electron chi connectivity index (χ4n) is 3.91. The second kappa shape index (κ2) is 8.19. The van der Waals surface area contributed by atoms with Crippen LogP contribution in [0.15, 0.2) is 42.5 Å². The van der Waals surface area contributed by atoms with Gasteiger partial charge in [-0.05, 0) is 54.8 Å². The van der Waals surface area contributed by atoms with Gasteiger partial charge in [0.2, 0.25) is 5.91 Å². The minimum absolute atomic E-state index is 0.0637. The molecule has 1 fully saturated rings. The van der Waals surface area contributed by atoms with E-state index in [1.54, 1.807) is 24.1 Å². The van der Waals surface area contributed by atoms with Gasteiger partial charge in [0.1, 0.15) is 19.0 Å². The molecule has 2 aliphatic rings. The molecule has 0 N–H and O–H groups in total. The molecule has 1 saturated heterocycles. The molecule has 0 radical (unpaired) electrons. The van der Waals surface area contributed by atoms with E-state index >= 15 is 0 Å². The highest BCUT2D eigenvalue weighted by atomic mass is 19.1. The van der Waals surface area contributed by atoms with E-state index in [9.17, 15) is 9.18 Å². The summed E-state index contributed by atoms with van der Waals surface area (Å²) in [6.07, 6.45) is 2.09. The van der Waals surface area contributed by atoms with Crippen molar-refractivity contribution >= 4 is 5.91 Å². The zero-order valence-electron chi connectivity index (χ0n) is 16.1. The summed E-state index contributed by atoms with van der Waals surface area (Å²) in [6, 6.07) is 12.6. The lowest BCUT2D eigenvalue weighted by atomic mass is 10.0. The van der Waals surface area contributed by atoms with E-state index < -0.39 is 0 Å². The second-order valence-corrected chi connectivity index (χ2v) is 7.41. The van der Waals surface area contributed by atoms with Crippen LogP contribution in [-0.2, 0) is 11.3 Å². The Bertz CT molecular complexity index is 840. The van der Waals surface area contributed by atoms with Crippen LogP contribution in [0.3, 0.4) is 0 Å². The van der Waals surface area contributed by atoms with Crippen LogP contribution < -0.4 is 9.47 Å². The number of nitrogens with zero attached hydrogens (tertiary/aromatic N) is 2. The zero-order chi connectivity index (χ0) is 19.5. The van der Waals surface area contributed by atoms with Crippen LogP contribution in [0, 0.1) is 5.82 Å². The Morgan fingerprint density at radius 1 is 1.14 bits per heavy atom. The number of halogens is 1. The van der Waals surface area contributed by atoms with Crippen LogP contribution in [0.4, 0.5) is 4.39 Å². The van der Waals surface area contributed by atoms with E-state index in [-0.39, 0.29) is 17.8 Å². The summed E-state index contributed by atoms with van der Waals surface area (Å²) < 4.78 is 24.4. The summed E-state index contributed by atoms with van der Waals surface area (Å²) in [4.78, 5) is 16.7. The molecule has 0 bridgehead atoms. The highest BCUT2D eigenvalue weighted by molar-refractivity contribution is 5.78. The molecule has 6 heteroatoms. The summed E-state index contributed by atoms with van der Waals surface area (Å²) in [5, 5.41) is 0. The predicted octanol–water partition coefficient (Wildman–Crippen LogP) is 3.39. The van der Waals surface area contributed by atoms with Crippen molar-refractivity contribution in [2.24, 2.45) is 0 Å². The zero-order valence-corrected chi connectivity index (χ0v) is 16.1. The topological polar surface area (TPSA) is 42.0 Å². The predicted molar refractivity (Wildman–Crippen MR) is 104 cm³/mol. The number of likely N-dealkylation sites (N-methyl/N-ethyl adjacent to an activating group) is 1. The Labute approximate surface area is 164 Å². The summed E-state index contributed by atoms with van der Waals surface area (Å²) in [6.45, 7) is 2.89. The molecule has 2 aliphatic heterocycles. The monoisotopic (exact) mass is 384 g/mol. The Hall–Kier alpha value is -2.60. The number of hydrogen-bond acceptors (Lipinski definition) is 4. The van der Waals surface area contributed by atoms with Gasteiger partial charge in [0.25, 0.3) is 0 Å². The lowest BCUT2D eigenvalue weighted by molar-refractivity contribution is -0.131. The van der Waals surface area contributed by atoms with Crippen LogP contribution in [-0.4, -0.2) is 49.1 Å². The van der Waals surface area contributed by atoms with Crippen LogP contribution in [0.5, 0.6) is 11.5 Å². The maximum Gasteiger partial charge on any atom is 0.236 e. The molecule has 2 aromatic rings. The molecule has 0 spiro atoms. The van der Waals surface area contributed by atoms with Crippen molar-refractivity contribution in [2.45, 2.75) is 25.4 Å². The Kier molecular flexibility index (Phi) is 5.48. The maximum absolute atomic E-state index is 13.1. The molecule has 5 nitrogen and oxygen atoms in total. The van der Waals surface area contributed by atoms with E-state index in [4.69, 9.17) is 9.47 Å². The maximum atomic E-state index is 13.1. The number of likely N-dealkylation sites (tertiary alicyclic amines) is 1. The van der Waals surface area contributed by atoms with Crippen LogP contribution in [0.2, 0.25) is 0 Å². The average molecular weight is 384 g/mol. The fourth-order valence-corrected chi connectivity index (χ4v) is 3.91. The van der Waals surface area contributed by atoms with Gasteiger partial charge in [-0.1, -0.05) is 18.2 Å².